The van der Waals surface area contributed by atoms with E-state index in [4.69, 9.17) is 9.47 Å². The number of carbonyl (C=O) groups excluding carboxylic acids is 3. The summed E-state index contributed by atoms with van der Waals surface area (Å²) in [6.07, 6.45) is 3.19. The van der Waals surface area contributed by atoms with E-state index in [1.165, 1.54) is 7.11 Å². The largest absolute Gasteiger partial charge is 0.484 e. The molecule has 0 N–H and O–H groups in total. The highest BCUT2D eigenvalue weighted by atomic mass is 16.5. The molecule has 30 heavy (non-hydrogen) atoms. The first-order valence-corrected chi connectivity index (χ1v) is 10.7. The van der Waals surface area contributed by atoms with Gasteiger partial charge in [-0.2, -0.15) is 0 Å². The highest BCUT2D eigenvalue weighted by molar-refractivity contribution is 5.94. The zero-order chi connectivity index (χ0) is 22.3. The first-order valence-electron chi connectivity index (χ1n) is 10.7. The molecule has 0 aromatic heterocycles. The zero-order valence-corrected chi connectivity index (χ0v) is 18.7. The Kier molecular flexibility index (Phi) is 8.69. The number of likely N-dealkylation sites (tertiary alicyclic amines) is 1. The van der Waals surface area contributed by atoms with Gasteiger partial charge in [0.25, 0.3) is 11.8 Å². The zero-order valence-electron chi connectivity index (χ0n) is 18.7. The van der Waals surface area contributed by atoms with Crippen LogP contribution in [0.4, 0.5) is 0 Å². The maximum absolute atomic E-state index is 12.8. The van der Waals surface area contributed by atoms with Crippen LogP contribution in [0.5, 0.6) is 5.75 Å². The summed E-state index contributed by atoms with van der Waals surface area (Å²) >= 11 is 0. The summed E-state index contributed by atoms with van der Waals surface area (Å²) in [5, 5.41) is 0. The summed E-state index contributed by atoms with van der Waals surface area (Å²) in [7, 11) is 1.34. The molecular weight excluding hydrogens is 384 g/mol. The molecule has 2 rings (SSSR count). The Balaban J connectivity index is 1.94. The van der Waals surface area contributed by atoms with Crippen molar-refractivity contribution >= 4 is 17.8 Å². The van der Waals surface area contributed by atoms with E-state index in [1.54, 1.807) is 36.1 Å². The van der Waals surface area contributed by atoms with Crippen LogP contribution in [-0.2, 0) is 14.3 Å². The fraction of sp³-hybridized carbons (Fsp3) is 0.609. The van der Waals surface area contributed by atoms with Crippen LogP contribution in [0.2, 0.25) is 0 Å². The fourth-order valence-electron chi connectivity index (χ4n) is 3.97. The van der Waals surface area contributed by atoms with Gasteiger partial charge < -0.3 is 19.3 Å². The summed E-state index contributed by atoms with van der Waals surface area (Å²) in [4.78, 5) is 40.5. The van der Waals surface area contributed by atoms with Crippen LogP contribution >= 0.6 is 0 Å². The summed E-state index contributed by atoms with van der Waals surface area (Å²) < 4.78 is 10.4. The summed E-state index contributed by atoms with van der Waals surface area (Å²) in [6.45, 7) is 8.52. The van der Waals surface area contributed by atoms with Gasteiger partial charge in [0.15, 0.2) is 6.61 Å². The third kappa shape index (κ3) is 5.97. The molecular formula is C23H34N2O5. The molecule has 1 aromatic rings. The van der Waals surface area contributed by atoms with Crippen LogP contribution in [0.1, 0.15) is 57.3 Å². The predicted octanol–water partition coefficient (Wildman–Crippen LogP) is 3.13. The maximum atomic E-state index is 12.8. The standard InChI is InChI=1S/C23H34N2O5/c1-6-24(14-16(2)23(28)29-5)22(27)19-10-12-20(13-11-19)30-15-21(26)25-17(3)8-7-9-18(25)4/h10-13,16-18H,6-9,14-15H2,1-5H3. The van der Waals surface area contributed by atoms with E-state index in [2.05, 4.69) is 13.8 Å². The first kappa shape index (κ1) is 23.7. The van der Waals surface area contributed by atoms with Crippen molar-refractivity contribution in [3.05, 3.63) is 29.8 Å². The Labute approximate surface area is 179 Å². The molecule has 1 heterocycles. The molecule has 0 aliphatic carbocycles. The second kappa shape index (κ2) is 11.0. The van der Waals surface area contributed by atoms with Crippen LogP contribution in [0, 0.1) is 5.92 Å². The van der Waals surface area contributed by atoms with Gasteiger partial charge in [-0.1, -0.05) is 6.92 Å². The molecule has 0 spiro atoms. The van der Waals surface area contributed by atoms with Crippen molar-refractivity contribution in [3.63, 3.8) is 0 Å². The normalized spacial score (nSPS) is 19.7. The Morgan fingerprint density at radius 3 is 2.27 bits per heavy atom. The lowest BCUT2D eigenvalue weighted by Crippen LogP contribution is -2.49. The molecule has 7 heteroatoms. The van der Waals surface area contributed by atoms with Crippen molar-refractivity contribution in [2.24, 2.45) is 5.92 Å². The smallest absolute Gasteiger partial charge is 0.310 e. The molecule has 2 amide bonds. The highest BCUT2D eigenvalue weighted by Gasteiger charge is 2.29. The number of benzene rings is 1. The second-order valence-electron chi connectivity index (χ2n) is 8.01. The van der Waals surface area contributed by atoms with Crippen molar-refractivity contribution in [2.75, 3.05) is 26.8 Å². The van der Waals surface area contributed by atoms with E-state index in [9.17, 15) is 14.4 Å². The Bertz CT molecular complexity index is 724. The molecule has 1 fully saturated rings. The van der Waals surface area contributed by atoms with Gasteiger partial charge >= 0.3 is 5.97 Å². The number of esters is 1. The van der Waals surface area contributed by atoms with Crippen molar-refractivity contribution < 1.29 is 23.9 Å². The van der Waals surface area contributed by atoms with Crippen molar-refractivity contribution in [1.82, 2.24) is 9.80 Å². The minimum absolute atomic E-state index is 0.0104. The van der Waals surface area contributed by atoms with E-state index in [0.717, 1.165) is 19.3 Å². The van der Waals surface area contributed by atoms with E-state index in [-0.39, 0.29) is 36.5 Å². The second-order valence-corrected chi connectivity index (χ2v) is 8.01. The van der Waals surface area contributed by atoms with Gasteiger partial charge in [-0.3, -0.25) is 14.4 Å². The van der Waals surface area contributed by atoms with E-state index < -0.39 is 5.92 Å². The topological polar surface area (TPSA) is 76.1 Å². The van der Waals surface area contributed by atoms with Crippen LogP contribution in [-0.4, -0.2) is 66.5 Å². The fourth-order valence-corrected chi connectivity index (χ4v) is 3.97. The molecule has 0 bridgehead atoms. The van der Waals surface area contributed by atoms with Gasteiger partial charge in [-0.25, -0.2) is 0 Å². The lowest BCUT2D eigenvalue weighted by atomic mass is 9.97. The van der Waals surface area contributed by atoms with Crippen LogP contribution in [0.25, 0.3) is 0 Å². The van der Waals surface area contributed by atoms with Crippen LogP contribution in [0.15, 0.2) is 24.3 Å². The number of nitrogens with zero attached hydrogens (tertiary/aromatic N) is 2. The molecule has 7 nitrogen and oxygen atoms in total. The van der Waals surface area contributed by atoms with E-state index in [1.807, 2.05) is 11.8 Å². The Morgan fingerprint density at radius 2 is 1.73 bits per heavy atom. The van der Waals surface area contributed by atoms with Gasteiger partial charge in [0.05, 0.1) is 13.0 Å². The summed E-state index contributed by atoms with van der Waals surface area (Å²) in [5.41, 5.74) is 0.505. The highest BCUT2D eigenvalue weighted by Crippen LogP contribution is 2.23. The third-order valence-electron chi connectivity index (χ3n) is 5.71. The lowest BCUT2D eigenvalue weighted by Gasteiger charge is -2.38. The Morgan fingerprint density at radius 1 is 1.13 bits per heavy atom. The van der Waals surface area contributed by atoms with Crippen molar-refractivity contribution in [1.29, 1.82) is 0 Å². The van der Waals surface area contributed by atoms with Gasteiger partial charge in [0.2, 0.25) is 0 Å². The van der Waals surface area contributed by atoms with Gasteiger partial charge in [-0.15, -0.1) is 0 Å². The monoisotopic (exact) mass is 418 g/mol. The maximum Gasteiger partial charge on any atom is 0.310 e. The number of ether oxygens (including phenoxy) is 2. The number of methoxy groups -OCH3 is 1. The lowest BCUT2D eigenvalue weighted by molar-refractivity contribution is -0.145. The molecule has 0 radical (unpaired) electrons. The number of rotatable bonds is 8. The average Bonchev–Trinajstić information content (AvgIpc) is 2.75. The molecule has 3 atom stereocenters. The molecule has 1 aliphatic heterocycles. The molecule has 1 aromatic carbocycles. The van der Waals surface area contributed by atoms with Crippen molar-refractivity contribution in [2.45, 2.75) is 59.0 Å². The molecule has 1 saturated heterocycles. The number of amides is 2. The van der Waals surface area contributed by atoms with E-state index >= 15 is 0 Å². The minimum Gasteiger partial charge on any atom is -0.484 e. The number of hydrogen-bond donors (Lipinski definition) is 0. The predicted molar refractivity (Wildman–Crippen MR) is 114 cm³/mol. The molecule has 0 saturated carbocycles. The van der Waals surface area contributed by atoms with E-state index in [0.29, 0.717) is 24.4 Å². The van der Waals surface area contributed by atoms with Crippen LogP contribution < -0.4 is 4.74 Å². The summed E-state index contributed by atoms with van der Waals surface area (Å²) in [6, 6.07) is 7.22. The number of hydrogen-bond acceptors (Lipinski definition) is 5. The number of carbonyl (C=O) groups is 3. The first-order chi connectivity index (χ1) is 14.3. The Hall–Kier alpha value is -2.57. The van der Waals surface area contributed by atoms with Crippen molar-refractivity contribution in [3.8, 4) is 5.75 Å². The minimum atomic E-state index is -0.396. The SMILES string of the molecule is CCN(CC(C)C(=O)OC)C(=O)c1ccc(OCC(=O)N2C(C)CCCC2C)cc1. The molecule has 3 unspecified atom stereocenters. The van der Waals surface area contributed by atoms with Gasteiger partial charge in [0, 0.05) is 30.7 Å². The van der Waals surface area contributed by atoms with Gasteiger partial charge in [0.1, 0.15) is 5.75 Å². The molecule has 1 aliphatic rings. The van der Waals surface area contributed by atoms with Gasteiger partial charge in [-0.05, 0) is 64.3 Å². The average molecular weight is 419 g/mol. The number of piperidine rings is 1. The molecule has 166 valence electrons. The quantitative estimate of drug-likeness (QED) is 0.606. The third-order valence-corrected chi connectivity index (χ3v) is 5.71. The van der Waals surface area contributed by atoms with Crippen LogP contribution in [0.3, 0.4) is 0 Å². The summed E-state index contributed by atoms with van der Waals surface area (Å²) in [5.74, 6) is -0.363.